The fourth-order valence-corrected chi connectivity index (χ4v) is 2.42. The van der Waals surface area contributed by atoms with E-state index in [0.717, 1.165) is 11.3 Å². The third-order valence-corrected chi connectivity index (χ3v) is 4.17. The monoisotopic (exact) mass is 276 g/mol. The number of pyridine rings is 1. The SMILES string of the molecule is Cc1cccnc1CC(=O)N1CCC(C)(C(=O)O)CC1. The van der Waals surface area contributed by atoms with E-state index in [1.54, 1.807) is 18.0 Å². The number of piperidine rings is 1. The molecule has 2 rings (SSSR count). The molecule has 0 unspecified atom stereocenters. The maximum Gasteiger partial charge on any atom is 0.309 e. The van der Waals surface area contributed by atoms with Crippen molar-refractivity contribution >= 4 is 11.9 Å². The molecule has 0 atom stereocenters. The van der Waals surface area contributed by atoms with E-state index < -0.39 is 11.4 Å². The lowest BCUT2D eigenvalue weighted by molar-refractivity contribution is -0.152. The third kappa shape index (κ3) is 2.98. The molecule has 5 nitrogen and oxygen atoms in total. The molecule has 0 saturated carbocycles. The van der Waals surface area contributed by atoms with Gasteiger partial charge in [-0.1, -0.05) is 6.07 Å². The predicted octanol–water partition coefficient (Wildman–Crippen LogP) is 1.65. The van der Waals surface area contributed by atoms with Crippen LogP contribution >= 0.6 is 0 Å². The Hall–Kier alpha value is -1.91. The van der Waals surface area contributed by atoms with Crippen molar-refractivity contribution < 1.29 is 14.7 Å². The molecule has 1 aliphatic rings. The van der Waals surface area contributed by atoms with Crippen molar-refractivity contribution in [1.29, 1.82) is 0 Å². The summed E-state index contributed by atoms with van der Waals surface area (Å²) in [4.78, 5) is 29.4. The summed E-state index contributed by atoms with van der Waals surface area (Å²) in [5.74, 6) is -0.746. The summed E-state index contributed by atoms with van der Waals surface area (Å²) in [7, 11) is 0. The Kier molecular flexibility index (Phi) is 4.06. The van der Waals surface area contributed by atoms with E-state index in [2.05, 4.69) is 4.98 Å². The van der Waals surface area contributed by atoms with Gasteiger partial charge in [-0.25, -0.2) is 0 Å². The first-order valence-corrected chi connectivity index (χ1v) is 6.84. The molecule has 5 heteroatoms. The van der Waals surface area contributed by atoms with Crippen LogP contribution in [0, 0.1) is 12.3 Å². The van der Waals surface area contributed by atoms with Crippen LogP contribution in [0.25, 0.3) is 0 Å². The van der Waals surface area contributed by atoms with Gasteiger partial charge in [-0.05, 0) is 38.3 Å². The first-order chi connectivity index (χ1) is 9.42. The minimum atomic E-state index is -0.773. The summed E-state index contributed by atoms with van der Waals surface area (Å²) < 4.78 is 0. The fourth-order valence-electron chi connectivity index (χ4n) is 2.42. The van der Waals surface area contributed by atoms with Gasteiger partial charge >= 0.3 is 5.97 Å². The Morgan fingerprint density at radius 1 is 1.40 bits per heavy atom. The molecule has 0 radical (unpaired) electrons. The molecule has 1 amide bonds. The number of hydrogen-bond donors (Lipinski definition) is 1. The zero-order chi connectivity index (χ0) is 14.8. The van der Waals surface area contributed by atoms with Crippen LogP contribution in [0.5, 0.6) is 0 Å². The van der Waals surface area contributed by atoms with Crippen LogP contribution in [0.1, 0.15) is 31.0 Å². The van der Waals surface area contributed by atoms with Crippen molar-refractivity contribution in [3.63, 3.8) is 0 Å². The lowest BCUT2D eigenvalue weighted by Gasteiger charge is -2.36. The summed E-state index contributed by atoms with van der Waals surface area (Å²) in [6.07, 6.45) is 2.99. The number of likely N-dealkylation sites (tertiary alicyclic amines) is 1. The van der Waals surface area contributed by atoms with E-state index in [9.17, 15) is 14.7 Å². The molecular formula is C15H20N2O3. The van der Waals surface area contributed by atoms with E-state index in [4.69, 9.17) is 0 Å². The Bertz CT molecular complexity index is 520. The highest BCUT2D eigenvalue weighted by atomic mass is 16.4. The smallest absolute Gasteiger partial charge is 0.309 e. The average molecular weight is 276 g/mol. The molecule has 1 fully saturated rings. The number of nitrogens with zero attached hydrogens (tertiary/aromatic N) is 2. The molecule has 1 saturated heterocycles. The van der Waals surface area contributed by atoms with Crippen molar-refractivity contribution in [1.82, 2.24) is 9.88 Å². The average Bonchev–Trinajstić information content (AvgIpc) is 2.42. The first kappa shape index (κ1) is 14.5. The van der Waals surface area contributed by atoms with E-state index in [0.29, 0.717) is 25.9 Å². The Labute approximate surface area is 118 Å². The Morgan fingerprint density at radius 3 is 2.60 bits per heavy atom. The minimum Gasteiger partial charge on any atom is -0.481 e. The third-order valence-electron chi connectivity index (χ3n) is 4.17. The Morgan fingerprint density at radius 2 is 2.05 bits per heavy atom. The van der Waals surface area contributed by atoms with Crippen LogP contribution < -0.4 is 0 Å². The number of aromatic nitrogens is 1. The summed E-state index contributed by atoms with van der Waals surface area (Å²) in [5, 5.41) is 9.18. The van der Waals surface area contributed by atoms with Gasteiger partial charge in [-0.3, -0.25) is 14.6 Å². The topological polar surface area (TPSA) is 70.5 Å². The quantitative estimate of drug-likeness (QED) is 0.911. The molecule has 1 N–H and O–H groups in total. The summed E-state index contributed by atoms with van der Waals surface area (Å²) in [6.45, 7) is 4.70. The lowest BCUT2D eigenvalue weighted by Crippen LogP contribution is -2.45. The van der Waals surface area contributed by atoms with Crippen molar-refractivity contribution in [3.8, 4) is 0 Å². The van der Waals surface area contributed by atoms with Crippen LogP contribution in [0.15, 0.2) is 18.3 Å². The van der Waals surface area contributed by atoms with Gasteiger partial charge in [0, 0.05) is 19.3 Å². The van der Waals surface area contributed by atoms with Crippen LogP contribution in [-0.2, 0) is 16.0 Å². The van der Waals surface area contributed by atoms with E-state index in [1.807, 2.05) is 19.1 Å². The van der Waals surface area contributed by atoms with Gasteiger partial charge in [0.25, 0.3) is 0 Å². The van der Waals surface area contributed by atoms with Crippen molar-refractivity contribution in [2.24, 2.45) is 5.41 Å². The second-order valence-corrected chi connectivity index (χ2v) is 5.69. The molecule has 2 heterocycles. The molecule has 0 spiro atoms. The van der Waals surface area contributed by atoms with Gasteiger partial charge in [0.1, 0.15) is 0 Å². The summed E-state index contributed by atoms with van der Waals surface area (Å²) in [5.41, 5.74) is 1.11. The van der Waals surface area contributed by atoms with Crippen LogP contribution in [0.3, 0.4) is 0 Å². The van der Waals surface area contributed by atoms with Gasteiger partial charge in [-0.2, -0.15) is 0 Å². The van der Waals surface area contributed by atoms with E-state index in [-0.39, 0.29) is 12.3 Å². The number of aryl methyl sites for hydroxylation is 1. The molecule has 0 bridgehead atoms. The zero-order valence-corrected chi connectivity index (χ0v) is 11.9. The number of rotatable bonds is 3. The van der Waals surface area contributed by atoms with E-state index >= 15 is 0 Å². The number of hydrogen-bond acceptors (Lipinski definition) is 3. The number of carboxylic acids is 1. The lowest BCUT2D eigenvalue weighted by atomic mass is 9.80. The number of carbonyl (C=O) groups is 2. The van der Waals surface area contributed by atoms with E-state index in [1.165, 1.54) is 0 Å². The van der Waals surface area contributed by atoms with Crippen molar-refractivity contribution in [2.45, 2.75) is 33.1 Å². The number of carboxylic acid groups (broad SMARTS) is 1. The highest BCUT2D eigenvalue weighted by Gasteiger charge is 2.37. The molecule has 108 valence electrons. The Balaban J connectivity index is 1.96. The summed E-state index contributed by atoms with van der Waals surface area (Å²) in [6, 6.07) is 3.79. The van der Waals surface area contributed by atoms with Crippen molar-refractivity contribution in [3.05, 3.63) is 29.6 Å². The largest absolute Gasteiger partial charge is 0.481 e. The maximum absolute atomic E-state index is 12.2. The highest BCUT2D eigenvalue weighted by Crippen LogP contribution is 2.31. The van der Waals surface area contributed by atoms with Gasteiger partial charge in [-0.15, -0.1) is 0 Å². The second kappa shape index (κ2) is 5.61. The van der Waals surface area contributed by atoms with Gasteiger partial charge in [0.05, 0.1) is 17.5 Å². The second-order valence-electron chi connectivity index (χ2n) is 5.69. The van der Waals surface area contributed by atoms with Crippen LogP contribution in [0.2, 0.25) is 0 Å². The van der Waals surface area contributed by atoms with Gasteiger partial charge in [0.15, 0.2) is 0 Å². The van der Waals surface area contributed by atoms with Gasteiger partial charge < -0.3 is 10.0 Å². The summed E-state index contributed by atoms with van der Waals surface area (Å²) >= 11 is 0. The number of amides is 1. The standard InChI is InChI=1S/C15H20N2O3/c1-11-4-3-7-16-12(11)10-13(18)17-8-5-15(2,6-9-17)14(19)20/h3-4,7H,5-6,8-10H2,1-2H3,(H,19,20). The minimum absolute atomic E-state index is 0.0271. The normalized spacial score (nSPS) is 17.8. The molecule has 20 heavy (non-hydrogen) atoms. The number of carbonyl (C=O) groups excluding carboxylic acids is 1. The molecule has 0 aliphatic carbocycles. The molecule has 1 aliphatic heterocycles. The zero-order valence-electron chi connectivity index (χ0n) is 11.9. The fraction of sp³-hybridized carbons (Fsp3) is 0.533. The molecule has 1 aromatic rings. The van der Waals surface area contributed by atoms with Gasteiger partial charge in [0.2, 0.25) is 5.91 Å². The maximum atomic E-state index is 12.2. The van der Waals surface area contributed by atoms with Crippen LogP contribution in [-0.4, -0.2) is 40.0 Å². The number of aliphatic carboxylic acids is 1. The molecular weight excluding hydrogens is 256 g/mol. The van der Waals surface area contributed by atoms with Crippen molar-refractivity contribution in [2.75, 3.05) is 13.1 Å². The highest BCUT2D eigenvalue weighted by molar-refractivity contribution is 5.79. The molecule has 1 aromatic heterocycles. The predicted molar refractivity (Wildman–Crippen MR) is 74.2 cm³/mol. The first-order valence-electron chi connectivity index (χ1n) is 6.84. The van der Waals surface area contributed by atoms with Crippen LogP contribution in [0.4, 0.5) is 0 Å². The molecule has 0 aromatic carbocycles.